The molecule has 0 spiro atoms. The first kappa shape index (κ1) is 13.0. The summed E-state index contributed by atoms with van der Waals surface area (Å²) in [7, 11) is 0. The van der Waals surface area contributed by atoms with Crippen LogP contribution < -0.4 is 18.9 Å². The van der Waals surface area contributed by atoms with Crippen LogP contribution in [0, 0.1) is 0 Å². The topological polar surface area (TPSA) is 66.4 Å². The number of aliphatic hydroxyl groups excluding tert-OH is 1. The summed E-state index contributed by atoms with van der Waals surface area (Å²) < 4.78 is 27.4. The Kier molecular flexibility index (Phi) is 2.71. The lowest BCUT2D eigenvalue weighted by molar-refractivity contribution is -0.152. The van der Waals surface area contributed by atoms with Crippen molar-refractivity contribution in [3.05, 3.63) is 47.0 Å². The van der Waals surface area contributed by atoms with Crippen LogP contribution in [0.5, 0.6) is 23.0 Å². The van der Waals surface area contributed by atoms with Crippen molar-refractivity contribution < 1.29 is 28.8 Å². The van der Waals surface area contributed by atoms with Crippen LogP contribution >= 0.6 is 0 Å². The highest BCUT2D eigenvalue weighted by Gasteiger charge is 2.34. The van der Waals surface area contributed by atoms with Gasteiger partial charge >= 0.3 is 0 Å². The number of fused-ring (bicyclic) bond motifs is 4. The summed E-state index contributed by atoms with van der Waals surface area (Å²) in [5, 5.41) is 10.4. The standard InChI is InChI=1S/C17H14O6/c18-17-15-10(2-4-12-16(15)22-8-20-12)6-13(23-17)9-1-3-11-14(5-9)21-7-19-11/h1-5,13,17-18H,6-8H2. The van der Waals surface area contributed by atoms with Gasteiger partial charge in [0.05, 0.1) is 11.7 Å². The van der Waals surface area contributed by atoms with Gasteiger partial charge in [-0.05, 0) is 29.3 Å². The second-order valence-corrected chi connectivity index (χ2v) is 5.67. The monoisotopic (exact) mass is 314 g/mol. The Bertz CT molecular complexity index is 787. The Hall–Kier alpha value is -2.44. The quantitative estimate of drug-likeness (QED) is 0.872. The van der Waals surface area contributed by atoms with Gasteiger partial charge in [0.1, 0.15) is 0 Å². The molecule has 3 aliphatic rings. The Morgan fingerprint density at radius 3 is 2.61 bits per heavy atom. The predicted molar refractivity (Wildman–Crippen MR) is 77.6 cm³/mol. The summed E-state index contributed by atoms with van der Waals surface area (Å²) in [6.07, 6.45) is -0.666. The van der Waals surface area contributed by atoms with Crippen molar-refractivity contribution in [3.8, 4) is 23.0 Å². The van der Waals surface area contributed by atoms with Gasteiger partial charge in [0, 0.05) is 6.42 Å². The zero-order chi connectivity index (χ0) is 15.4. The SMILES string of the molecule is OC1OC(c2ccc3c(c2)OCO3)Cc2ccc3c(c21)OCO3. The first-order valence-corrected chi connectivity index (χ1v) is 7.44. The summed E-state index contributed by atoms with van der Waals surface area (Å²) in [5.41, 5.74) is 2.60. The fraction of sp³-hybridized carbons (Fsp3) is 0.294. The minimum Gasteiger partial charge on any atom is -0.454 e. The van der Waals surface area contributed by atoms with Crippen LogP contribution in [0.25, 0.3) is 0 Å². The summed E-state index contributed by atoms with van der Waals surface area (Å²) >= 11 is 0. The fourth-order valence-electron chi connectivity index (χ4n) is 3.26. The Labute approximate surface area is 132 Å². The van der Waals surface area contributed by atoms with E-state index < -0.39 is 6.29 Å². The maximum absolute atomic E-state index is 10.4. The largest absolute Gasteiger partial charge is 0.454 e. The molecule has 0 bridgehead atoms. The molecule has 6 nitrogen and oxygen atoms in total. The molecule has 2 aromatic carbocycles. The second-order valence-electron chi connectivity index (χ2n) is 5.67. The van der Waals surface area contributed by atoms with E-state index in [1.807, 2.05) is 30.3 Å². The van der Waals surface area contributed by atoms with E-state index in [9.17, 15) is 5.11 Å². The van der Waals surface area contributed by atoms with Crippen molar-refractivity contribution in [2.75, 3.05) is 13.6 Å². The van der Waals surface area contributed by atoms with E-state index in [2.05, 4.69) is 0 Å². The molecule has 3 heterocycles. The van der Waals surface area contributed by atoms with Crippen molar-refractivity contribution in [2.45, 2.75) is 18.8 Å². The Morgan fingerprint density at radius 2 is 1.65 bits per heavy atom. The number of benzene rings is 2. The van der Waals surface area contributed by atoms with Crippen LogP contribution in [0.1, 0.15) is 29.1 Å². The normalized spacial score (nSPS) is 23.7. The van der Waals surface area contributed by atoms with Gasteiger partial charge in [-0.3, -0.25) is 0 Å². The minimum atomic E-state index is -1.05. The summed E-state index contributed by atoms with van der Waals surface area (Å²) in [6, 6.07) is 9.52. The molecule has 1 N–H and O–H groups in total. The molecule has 0 aromatic heterocycles. The average Bonchev–Trinajstić information content (AvgIpc) is 3.22. The third kappa shape index (κ3) is 1.95. The van der Waals surface area contributed by atoms with E-state index in [1.165, 1.54) is 0 Å². The van der Waals surface area contributed by atoms with Crippen LogP contribution in [-0.4, -0.2) is 18.7 Å². The van der Waals surface area contributed by atoms with Crippen LogP contribution in [0.3, 0.4) is 0 Å². The first-order chi connectivity index (χ1) is 11.3. The van der Waals surface area contributed by atoms with Crippen LogP contribution in [0.15, 0.2) is 30.3 Å². The third-order valence-corrected chi connectivity index (χ3v) is 4.38. The number of ether oxygens (including phenoxy) is 5. The zero-order valence-electron chi connectivity index (χ0n) is 12.2. The summed E-state index contributed by atoms with van der Waals surface area (Å²) in [4.78, 5) is 0. The van der Waals surface area contributed by atoms with Gasteiger partial charge < -0.3 is 28.8 Å². The molecule has 2 atom stereocenters. The molecular formula is C17H14O6. The van der Waals surface area contributed by atoms with E-state index in [0.29, 0.717) is 29.2 Å². The predicted octanol–water partition coefficient (Wildman–Crippen LogP) is 2.45. The fourth-order valence-corrected chi connectivity index (χ4v) is 3.26. The maximum atomic E-state index is 10.4. The molecule has 5 rings (SSSR count). The molecule has 2 aromatic rings. The highest BCUT2D eigenvalue weighted by atomic mass is 16.7. The van der Waals surface area contributed by atoms with Crippen molar-refractivity contribution in [2.24, 2.45) is 0 Å². The summed E-state index contributed by atoms with van der Waals surface area (Å²) in [6.45, 7) is 0.406. The lowest BCUT2D eigenvalue weighted by Crippen LogP contribution is -2.20. The molecule has 0 saturated carbocycles. The molecule has 0 aliphatic carbocycles. The number of rotatable bonds is 1. The lowest BCUT2D eigenvalue weighted by atomic mass is 9.93. The molecule has 0 fully saturated rings. The molecule has 23 heavy (non-hydrogen) atoms. The molecule has 0 radical (unpaired) electrons. The van der Waals surface area contributed by atoms with E-state index in [-0.39, 0.29) is 19.7 Å². The first-order valence-electron chi connectivity index (χ1n) is 7.44. The highest BCUT2D eigenvalue weighted by molar-refractivity contribution is 5.54. The number of hydrogen-bond donors (Lipinski definition) is 1. The van der Waals surface area contributed by atoms with Crippen molar-refractivity contribution >= 4 is 0 Å². The van der Waals surface area contributed by atoms with Gasteiger partial charge in [-0.2, -0.15) is 0 Å². The summed E-state index contributed by atoms with van der Waals surface area (Å²) in [5.74, 6) is 2.66. The van der Waals surface area contributed by atoms with Gasteiger partial charge in [0.2, 0.25) is 13.6 Å². The van der Waals surface area contributed by atoms with Gasteiger partial charge in [-0.25, -0.2) is 0 Å². The van der Waals surface area contributed by atoms with E-state index in [0.717, 1.165) is 16.9 Å². The second kappa shape index (κ2) is 4.78. The minimum absolute atomic E-state index is 0.171. The average molecular weight is 314 g/mol. The lowest BCUT2D eigenvalue weighted by Gasteiger charge is -2.30. The zero-order valence-corrected chi connectivity index (χ0v) is 12.2. The van der Waals surface area contributed by atoms with E-state index in [4.69, 9.17) is 23.7 Å². The van der Waals surface area contributed by atoms with Crippen LogP contribution in [-0.2, 0) is 11.2 Å². The molecule has 3 aliphatic heterocycles. The van der Waals surface area contributed by atoms with E-state index >= 15 is 0 Å². The van der Waals surface area contributed by atoms with Crippen molar-refractivity contribution in [1.29, 1.82) is 0 Å². The Morgan fingerprint density at radius 1 is 0.870 bits per heavy atom. The highest BCUT2D eigenvalue weighted by Crippen LogP contribution is 2.47. The van der Waals surface area contributed by atoms with Crippen LogP contribution in [0.2, 0.25) is 0 Å². The van der Waals surface area contributed by atoms with Gasteiger partial charge in [0.25, 0.3) is 0 Å². The van der Waals surface area contributed by atoms with Crippen molar-refractivity contribution in [1.82, 2.24) is 0 Å². The van der Waals surface area contributed by atoms with E-state index in [1.54, 1.807) is 0 Å². The molecule has 0 amide bonds. The van der Waals surface area contributed by atoms with Gasteiger partial charge in [-0.15, -0.1) is 0 Å². The number of hydrogen-bond acceptors (Lipinski definition) is 6. The molecular weight excluding hydrogens is 300 g/mol. The molecule has 2 unspecified atom stereocenters. The molecule has 6 heteroatoms. The van der Waals surface area contributed by atoms with Crippen LogP contribution in [0.4, 0.5) is 0 Å². The molecule has 118 valence electrons. The Balaban J connectivity index is 1.51. The smallest absolute Gasteiger partial charge is 0.231 e. The number of aliphatic hydroxyl groups is 1. The van der Waals surface area contributed by atoms with Gasteiger partial charge in [-0.1, -0.05) is 12.1 Å². The third-order valence-electron chi connectivity index (χ3n) is 4.38. The molecule has 0 saturated heterocycles. The maximum Gasteiger partial charge on any atom is 0.231 e. The van der Waals surface area contributed by atoms with Gasteiger partial charge in [0.15, 0.2) is 29.3 Å². The van der Waals surface area contributed by atoms with Crippen molar-refractivity contribution in [3.63, 3.8) is 0 Å².